The zero-order valence-corrected chi connectivity index (χ0v) is 12.1. The molecule has 0 heterocycles. The standard InChI is InChI=1S/C16H19FN2O2/c1-12(21-14-8-4-3-7-13(14)17)15(20)19-16(11-18)9-5-2-6-10-16/h3-4,7-8,12H,2,5-6,9-10H2,1H3,(H,19,20)/t12-/m1/s1. The van der Waals surface area contributed by atoms with E-state index in [1.54, 1.807) is 19.1 Å². The van der Waals surface area contributed by atoms with E-state index in [0.717, 1.165) is 19.3 Å². The van der Waals surface area contributed by atoms with Crippen LogP contribution in [0.5, 0.6) is 5.75 Å². The predicted molar refractivity (Wildman–Crippen MR) is 76.1 cm³/mol. The van der Waals surface area contributed by atoms with Gasteiger partial charge in [0, 0.05) is 0 Å². The van der Waals surface area contributed by atoms with Crippen molar-refractivity contribution in [1.29, 1.82) is 5.26 Å². The first-order valence-corrected chi connectivity index (χ1v) is 7.21. The van der Waals surface area contributed by atoms with Crippen molar-refractivity contribution in [2.75, 3.05) is 0 Å². The summed E-state index contributed by atoms with van der Waals surface area (Å²) < 4.78 is 18.8. The third-order valence-corrected chi connectivity index (χ3v) is 3.79. The molecule has 1 N–H and O–H groups in total. The molecule has 21 heavy (non-hydrogen) atoms. The van der Waals surface area contributed by atoms with Gasteiger partial charge in [0.05, 0.1) is 6.07 Å². The highest BCUT2D eigenvalue weighted by atomic mass is 19.1. The second-order valence-corrected chi connectivity index (χ2v) is 5.43. The van der Waals surface area contributed by atoms with Gasteiger partial charge in [-0.15, -0.1) is 0 Å². The van der Waals surface area contributed by atoms with E-state index in [1.807, 2.05) is 0 Å². The molecule has 1 fully saturated rings. The number of ether oxygens (including phenoxy) is 1. The molecule has 0 bridgehead atoms. The average molecular weight is 290 g/mol. The summed E-state index contributed by atoms with van der Waals surface area (Å²) in [6.45, 7) is 1.55. The lowest BCUT2D eigenvalue weighted by atomic mass is 9.83. The summed E-state index contributed by atoms with van der Waals surface area (Å²) in [5.74, 6) is -0.860. The number of nitriles is 1. The SMILES string of the molecule is C[C@@H](Oc1ccccc1F)C(=O)NC1(C#N)CCCCC1. The third kappa shape index (κ3) is 3.72. The van der Waals surface area contributed by atoms with Crippen molar-refractivity contribution in [1.82, 2.24) is 5.32 Å². The van der Waals surface area contributed by atoms with Crippen molar-refractivity contribution in [3.8, 4) is 11.8 Å². The van der Waals surface area contributed by atoms with Gasteiger partial charge in [0.15, 0.2) is 17.7 Å². The fourth-order valence-electron chi connectivity index (χ4n) is 2.54. The highest BCUT2D eigenvalue weighted by Crippen LogP contribution is 2.27. The van der Waals surface area contributed by atoms with Crippen LogP contribution in [-0.2, 0) is 4.79 Å². The number of nitrogens with one attached hydrogen (secondary N) is 1. The molecule has 112 valence electrons. The van der Waals surface area contributed by atoms with Gasteiger partial charge >= 0.3 is 0 Å². The van der Waals surface area contributed by atoms with Crippen LogP contribution in [0.25, 0.3) is 0 Å². The van der Waals surface area contributed by atoms with Crippen LogP contribution in [0.2, 0.25) is 0 Å². The molecule has 1 amide bonds. The van der Waals surface area contributed by atoms with Crippen LogP contribution in [0.15, 0.2) is 24.3 Å². The van der Waals surface area contributed by atoms with Crippen molar-refractivity contribution in [3.05, 3.63) is 30.1 Å². The number of para-hydroxylation sites is 1. The number of hydrogen-bond acceptors (Lipinski definition) is 3. The van der Waals surface area contributed by atoms with Crippen molar-refractivity contribution in [2.45, 2.75) is 50.7 Å². The van der Waals surface area contributed by atoms with E-state index in [2.05, 4.69) is 11.4 Å². The van der Waals surface area contributed by atoms with Gasteiger partial charge in [0.1, 0.15) is 5.54 Å². The number of carbonyl (C=O) groups is 1. The summed E-state index contributed by atoms with van der Waals surface area (Å²) in [5.41, 5.74) is -0.803. The first kappa shape index (κ1) is 15.3. The molecule has 1 aromatic rings. The zero-order chi connectivity index (χ0) is 15.3. The van der Waals surface area contributed by atoms with Gasteiger partial charge in [-0.1, -0.05) is 31.4 Å². The molecule has 0 aliphatic heterocycles. The first-order valence-electron chi connectivity index (χ1n) is 7.21. The lowest BCUT2D eigenvalue weighted by Crippen LogP contribution is -2.52. The van der Waals surface area contributed by atoms with E-state index in [1.165, 1.54) is 12.1 Å². The molecule has 1 aromatic carbocycles. The molecule has 4 nitrogen and oxygen atoms in total. The Morgan fingerprint density at radius 1 is 1.38 bits per heavy atom. The minimum atomic E-state index is -0.853. The van der Waals surface area contributed by atoms with Gasteiger partial charge in [0.2, 0.25) is 0 Å². The van der Waals surface area contributed by atoms with E-state index in [-0.39, 0.29) is 11.7 Å². The summed E-state index contributed by atoms with van der Waals surface area (Å²) in [6, 6.07) is 8.16. The van der Waals surface area contributed by atoms with Crippen LogP contribution in [0, 0.1) is 17.1 Å². The summed E-state index contributed by atoms with van der Waals surface area (Å²) >= 11 is 0. The van der Waals surface area contributed by atoms with Crippen molar-refractivity contribution < 1.29 is 13.9 Å². The van der Waals surface area contributed by atoms with E-state index in [0.29, 0.717) is 12.8 Å². The van der Waals surface area contributed by atoms with Crippen LogP contribution in [0.4, 0.5) is 4.39 Å². The van der Waals surface area contributed by atoms with E-state index in [4.69, 9.17) is 4.74 Å². The molecule has 1 saturated carbocycles. The van der Waals surface area contributed by atoms with Gasteiger partial charge in [0.25, 0.3) is 5.91 Å². The summed E-state index contributed by atoms with van der Waals surface area (Å²) in [6.07, 6.45) is 3.39. The van der Waals surface area contributed by atoms with Crippen LogP contribution >= 0.6 is 0 Å². The molecule has 0 saturated heterocycles. The Labute approximate surface area is 123 Å². The number of rotatable bonds is 4. The van der Waals surface area contributed by atoms with Gasteiger partial charge in [-0.3, -0.25) is 4.79 Å². The van der Waals surface area contributed by atoms with Gasteiger partial charge in [-0.2, -0.15) is 5.26 Å². The lowest BCUT2D eigenvalue weighted by Gasteiger charge is -2.32. The average Bonchev–Trinajstić information content (AvgIpc) is 2.50. The van der Waals surface area contributed by atoms with Gasteiger partial charge < -0.3 is 10.1 Å². The third-order valence-electron chi connectivity index (χ3n) is 3.79. The quantitative estimate of drug-likeness (QED) is 0.927. The maximum Gasteiger partial charge on any atom is 0.262 e. The zero-order valence-electron chi connectivity index (χ0n) is 12.1. The first-order chi connectivity index (χ1) is 10.1. The number of nitrogens with zero attached hydrogens (tertiary/aromatic N) is 1. The molecule has 0 radical (unpaired) electrons. The van der Waals surface area contributed by atoms with Crippen LogP contribution in [0.1, 0.15) is 39.0 Å². The normalized spacial score (nSPS) is 18.3. The molecular formula is C16H19FN2O2. The Kier molecular flexibility index (Phi) is 4.79. The predicted octanol–water partition coefficient (Wildman–Crippen LogP) is 2.94. The number of carbonyl (C=O) groups excluding carboxylic acids is 1. The van der Waals surface area contributed by atoms with Crippen LogP contribution in [0.3, 0.4) is 0 Å². The van der Waals surface area contributed by atoms with Gasteiger partial charge in [-0.25, -0.2) is 4.39 Å². The highest BCUT2D eigenvalue weighted by molar-refractivity contribution is 5.82. The minimum Gasteiger partial charge on any atom is -0.478 e. The van der Waals surface area contributed by atoms with Crippen molar-refractivity contribution in [3.63, 3.8) is 0 Å². The molecule has 5 heteroatoms. The smallest absolute Gasteiger partial charge is 0.262 e. The van der Waals surface area contributed by atoms with E-state index >= 15 is 0 Å². The molecule has 1 aliphatic carbocycles. The second-order valence-electron chi connectivity index (χ2n) is 5.43. The molecule has 1 aliphatic rings. The number of hydrogen-bond donors (Lipinski definition) is 1. The van der Waals surface area contributed by atoms with Crippen LogP contribution < -0.4 is 10.1 Å². The topological polar surface area (TPSA) is 62.1 Å². The number of amides is 1. The summed E-state index contributed by atoms with van der Waals surface area (Å²) in [4.78, 5) is 12.2. The van der Waals surface area contributed by atoms with Crippen LogP contribution in [-0.4, -0.2) is 17.6 Å². The van der Waals surface area contributed by atoms with E-state index < -0.39 is 17.5 Å². The summed E-state index contributed by atoms with van der Waals surface area (Å²) in [5, 5.41) is 12.1. The monoisotopic (exact) mass is 290 g/mol. The maximum atomic E-state index is 13.5. The lowest BCUT2D eigenvalue weighted by molar-refractivity contribution is -0.129. The van der Waals surface area contributed by atoms with E-state index in [9.17, 15) is 14.4 Å². The Morgan fingerprint density at radius 3 is 2.67 bits per heavy atom. The Balaban J connectivity index is 1.99. The fourth-order valence-corrected chi connectivity index (χ4v) is 2.54. The molecule has 0 aromatic heterocycles. The Bertz CT molecular complexity index is 547. The largest absolute Gasteiger partial charge is 0.478 e. The molecule has 2 rings (SSSR count). The Hall–Kier alpha value is -2.09. The maximum absolute atomic E-state index is 13.5. The molecular weight excluding hydrogens is 271 g/mol. The molecule has 0 spiro atoms. The number of benzene rings is 1. The summed E-state index contributed by atoms with van der Waals surface area (Å²) in [7, 11) is 0. The fraction of sp³-hybridized carbons (Fsp3) is 0.500. The minimum absolute atomic E-state index is 0.0369. The molecule has 1 atom stereocenters. The van der Waals surface area contributed by atoms with Crippen molar-refractivity contribution in [2.24, 2.45) is 0 Å². The molecule has 0 unspecified atom stereocenters. The van der Waals surface area contributed by atoms with Gasteiger partial charge in [-0.05, 0) is 31.9 Å². The Morgan fingerprint density at radius 2 is 2.05 bits per heavy atom. The highest BCUT2D eigenvalue weighted by Gasteiger charge is 2.35. The second kappa shape index (κ2) is 6.57. The number of halogens is 1. The van der Waals surface area contributed by atoms with Crippen molar-refractivity contribution >= 4 is 5.91 Å².